The number of fused-ring (bicyclic) bond motifs is 2. The Kier molecular flexibility index (Phi) is 6.31. The van der Waals surface area contributed by atoms with Crippen LogP contribution < -0.4 is 4.74 Å². The molecule has 8 heteroatoms. The van der Waals surface area contributed by atoms with Crippen molar-refractivity contribution in [1.29, 1.82) is 0 Å². The molecule has 4 rings (SSSR count). The highest BCUT2D eigenvalue weighted by atomic mass is 35.5. The third-order valence-corrected chi connectivity index (χ3v) is 4.46. The van der Waals surface area contributed by atoms with E-state index in [0.717, 1.165) is 39.1 Å². The molecule has 3 aromatic carbocycles. The number of imidazole rings is 1. The lowest BCUT2D eigenvalue weighted by Gasteiger charge is -2.11. The molecule has 7 nitrogen and oxygen atoms in total. The number of carbonyl (C=O) groups is 2. The fraction of sp³-hybridized carbons (Fsp3) is 0.0952. The Morgan fingerprint density at radius 1 is 0.931 bits per heavy atom. The summed E-state index contributed by atoms with van der Waals surface area (Å²) < 4.78 is 8.09. The summed E-state index contributed by atoms with van der Waals surface area (Å²) in [4.78, 5) is 22.6. The number of halogens is 1. The summed E-state index contributed by atoms with van der Waals surface area (Å²) in [5.41, 5.74) is 2.13. The number of benzene rings is 3. The first-order valence-corrected chi connectivity index (χ1v) is 9.01. The molecule has 4 aromatic rings. The van der Waals surface area contributed by atoms with Crippen LogP contribution in [-0.2, 0) is 16.1 Å². The zero-order chi connectivity index (χ0) is 20.8. The zero-order valence-corrected chi connectivity index (χ0v) is 15.9. The normalized spacial score (nSPS) is 10.4. The molecular formula is C21H17ClN2O5. The third kappa shape index (κ3) is 4.83. The second kappa shape index (κ2) is 9.07. The molecule has 0 spiro atoms. The lowest BCUT2D eigenvalue weighted by atomic mass is 10.1. The van der Waals surface area contributed by atoms with Gasteiger partial charge in [-0.25, -0.2) is 14.6 Å². The molecule has 29 heavy (non-hydrogen) atoms. The maximum absolute atomic E-state index is 9.10. The summed E-state index contributed by atoms with van der Waals surface area (Å²) in [6.07, 6.45) is 1.86. The first-order valence-electron chi connectivity index (χ1n) is 8.63. The van der Waals surface area contributed by atoms with Crippen LogP contribution in [0.25, 0.3) is 21.8 Å². The number of para-hydroxylation sites is 2. The fourth-order valence-corrected chi connectivity index (χ4v) is 3.03. The van der Waals surface area contributed by atoms with Gasteiger partial charge in [0.05, 0.1) is 23.9 Å². The van der Waals surface area contributed by atoms with Gasteiger partial charge in [0.1, 0.15) is 12.4 Å². The van der Waals surface area contributed by atoms with E-state index in [1.165, 1.54) is 0 Å². The first kappa shape index (κ1) is 20.2. The van der Waals surface area contributed by atoms with Crippen molar-refractivity contribution in [1.82, 2.24) is 9.55 Å². The van der Waals surface area contributed by atoms with Crippen LogP contribution >= 0.6 is 11.6 Å². The van der Waals surface area contributed by atoms with E-state index in [-0.39, 0.29) is 0 Å². The van der Waals surface area contributed by atoms with Crippen molar-refractivity contribution in [3.8, 4) is 5.75 Å². The van der Waals surface area contributed by atoms with Crippen molar-refractivity contribution in [2.75, 3.05) is 6.61 Å². The first-order chi connectivity index (χ1) is 14.0. The minimum absolute atomic E-state index is 0.575. The summed E-state index contributed by atoms with van der Waals surface area (Å²) >= 11 is 6.24. The smallest absolute Gasteiger partial charge is 0.414 e. The molecule has 0 aliphatic rings. The van der Waals surface area contributed by atoms with Gasteiger partial charge in [0, 0.05) is 15.8 Å². The monoisotopic (exact) mass is 412 g/mol. The van der Waals surface area contributed by atoms with Crippen LogP contribution in [0.5, 0.6) is 5.75 Å². The van der Waals surface area contributed by atoms with Gasteiger partial charge in [0.15, 0.2) is 0 Å². The molecule has 0 aliphatic heterocycles. The summed E-state index contributed by atoms with van der Waals surface area (Å²) in [5, 5.41) is 17.6. The highest BCUT2D eigenvalue weighted by Gasteiger charge is 2.06. The molecule has 1 heterocycles. The van der Waals surface area contributed by atoms with Crippen LogP contribution in [0.15, 0.2) is 67.0 Å². The Hall–Kier alpha value is -3.58. The maximum Gasteiger partial charge on any atom is 0.414 e. The number of rotatable bonds is 4. The number of ether oxygens (including phenoxy) is 1. The van der Waals surface area contributed by atoms with Crippen molar-refractivity contribution < 1.29 is 24.5 Å². The van der Waals surface area contributed by atoms with Crippen LogP contribution in [0.1, 0.15) is 0 Å². The maximum atomic E-state index is 9.10. The van der Waals surface area contributed by atoms with Crippen LogP contribution in [-0.4, -0.2) is 38.3 Å². The molecule has 0 radical (unpaired) electrons. The van der Waals surface area contributed by atoms with Crippen LogP contribution in [0, 0.1) is 0 Å². The standard InChI is InChI=1S/C19H15ClN2O.C2H2O4/c20-16-9-10-19(15-6-2-1-5-14(15)16)23-12-11-22-13-21-17-7-3-4-8-18(17)22;3-1(4)2(5)6/h1-10,13H,11-12H2;(H,3,4)(H,5,6). The molecule has 0 fully saturated rings. The summed E-state index contributed by atoms with van der Waals surface area (Å²) in [6.45, 7) is 1.32. The Bertz CT molecular complexity index is 1160. The minimum atomic E-state index is -1.82. The fourth-order valence-electron chi connectivity index (χ4n) is 2.80. The van der Waals surface area contributed by atoms with E-state index in [1.807, 2.05) is 60.9 Å². The van der Waals surface area contributed by atoms with Gasteiger partial charge in [-0.05, 0) is 24.3 Å². The largest absolute Gasteiger partial charge is 0.491 e. The summed E-state index contributed by atoms with van der Waals surface area (Å²) in [5.74, 6) is -2.79. The third-order valence-electron chi connectivity index (χ3n) is 4.13. The van der Waals surface area contributed by atoms with Crippen molar-refractivity contribution in [3.63, 3.8) is 0 Å². The molecule has 0 saturated heterocycles. The number of hydrogen-bond acceptors (Lipinski definition) is 4. The lowest BCUT2D eigenvalue weighted by molar-refractivity contribution is -0.159. The summed E-state index contributed by atoms with van der Waals surface area (Å²) in [7, 11) is 0. The average molecular weight is 413 g/mol. The van der Waals surface area contributed by atoms with Gasteiger partial charge in [0.25, 0.3) is 0 Å². The highest BCUT2D eigenvalue weighted by molar-refractivity contribution is 6.35. The van der Waals surface area contributed by atoms with Gasteiger partial charge in [0.2, 0.25) is 0 Å². The van der Waals surface area contributed by atoms with Crippen molar-refractivity contribution in [2.45, 2.75) is 6.54 Å². The molecule has 0 bridgehead atoms. The van der Waals surface area contributed by atoms with Crippen molar-refractivity contribution >= 4 is 45.3 Å². The van der Waals surface area contributed by atoms with Crippen molar-refractivity contribution in [3.05, 3.63) is 72.0 Å². The van der Waals surface area contributed by atoms with Gasteiger partial charge in [-0.1, -0.05) is 48.0 Å². The molecule has 0 atom stereocenters. The molecule has 0 unspecified atom stereocenters. The molecule has 0 aliphatic carbocycles. The Morgan fingerprint density at radius 2 is 1.59 bits per heavy atom. The van der Waals surface area contributed by atoms with Crippen LogP contribution in [0.2, 0.25) is 5.02 Å². The Morgan fingerprint density at radius 3 is 2.31 bits per heavy atom. The van der Waals surface area contributed by atoms with Gasteiger partial charge in [-0.15, -0.1) is 0 Å². The molecule has 0 amide bonds. The van der Waals surface area contributed by atoms with Crippen LogP contribution in [0.4, 0.5) is 0 Å². The number of carboxylic acid groups (broad SMARTS) is 2. The molecule has 1 aromatic heterocycles. The number of hydrogen-bond donors (Lipinski definition) is 2. The molecule has 148 valence electrons. The second-order valence-electron chi connectivity index (χ2n) is 5.98. The summed E-state index contributed by atoms with van der Waals surface area (Å²) in [6, 6.07) is 19.9. The lowest BCUT2D eigenvalue weighted by Crippen LogP contribution is -2.09. The van der Waals surface area contributed by atoms with E-state index < -0.39 is 11.9 Å². The van der Waals surface area contributed by atoms with Crippen LogP contribution in [0.3, 0.4) is 0 Å². The number of aromatic nitrogens is 2. The zero-order valence-electron chi connectivity index (χ0n) is 15.2. The van der Waals surface area contributed by atoms with E-state index in [0.29, 0.717) is 6.61 Å². The van der Waals surface area contributed by atoms with E-state index >= 15 is 0 Å². The predicted octanol–water partition coefficient (Wildman–Crippen LogP) is 4.08. The molecular weight excluding hydrogens is 396 g/mol. The molecule has 2 N–H and O–H groups in total. The van der Waals surface area contributed by atoms with E-state index in [4.69, 9.17) is 36.1 Å². The number of nitrogens with zero attached hydrogens (tertiary/aromatic N) is 2. The average Bonchev–Trinajstić information content (AvgIpc) is 3.13. The Labute approximate surface area is 170 Å². The highest BCUT2D eigenvalue weighted by Crippen LogP contribution is 2.31. The minimum Gasteiger partial charge on any atom is -0.491 e. The van der Waals surface area contributed by atoms with Gasteiger partial charge >= 0.3 is 11.9 Å². The topological polar surface area (TPSA) is 102 Å². The number of carboxylic acids is 2. The van der Waals surface area contributed by atoms with Crippen molar-refractivity contribution in [2.24, 2.45) is 0 Å². The Balaban J connectivity index is 0.000000353. The van der Waals surface area contributed by atoms with Gasteiger partial charge in [-0.3, -0.25) is 0 Å². The van der Waals surface area contributed by atoms with Gasteiger partial charge in [-0.2, -0.15) is 0 Å². The van der Waals surface area contributed by atoms with E-state index in [9.17, 15) is 0 Å². The predicted molar refractivity (Wildman–Crippen MR) is 109 cm³/mol. The second-order valence-corrected chi connectivity index (χ2v) is 6.38. The SMILES string of the molecule is Clc1ccc(OCCn2cnc3ccccc32)c2ccccc12.O=C(O)C(=O)O. The molecule has 0 saturated carbocycles. The van der Waals surface area contributed by atoms with Gasteiger partial charge < -0.3 is 19.5 Å². The quantitative estimate of drug-likeness (QED) is 0.490. The van der Waals surface area contributed by atoms with E-state index in [2.05, 4.69) is 15.6 Å². The van der Waals surface area contributed by atoms with E-state index in [1.54, 1.807) is 0 Å². The number of aliphatic carboxylic acids is 2.